The Morgan fingerprint density at radius 2 is 1.74 bits per heavy atom. The van der Waals surface area contributed by atoms with Crippen LogP contribution < -0.4 is 0 Å². The lowest BCUT2D eigenvalue weighted by Gasteiger charge is -2.05. The van der Waals surface area contributed by atoms with Gasteiger partial charge >= 0.3 is 0 Å². The molecule has 3 heteroatoms. The van der Waals surface area contributed by atoms with Gasteiger partial charge in [0.2, 0.25) is 0 Å². The highest BCUT2D eigenvalue weighted by atomic mass is 32.2. The van der Waals surface area contributed by atoms with Crippen LogP contribution in [0.4, 0.5) is 0 Å². The van der Waals surface area contributed by atoms with Gasteiger partial charge in [0.25, 0.3) is 0 Å². The van der Waals surface area contributed by atoms with Gasteiger partial charge < -0.3 is 0 Å². The minimum atomic E-state index is 0.181. The van der Waals surface area contributed by atoms with Gasteiger partial charge in [-0.3, -0.25) is 4.79 Å². The van der Waals surface area contributed by atoms with Crippen LogP contribution in [0, 0.1) is 6.92 Å². The first-order chi connectivity index (χ1) is 9.20. The molecule has 19 heavy (non-hydrogen) atoms. The number of aryl methyl sites for hydroxylation is 1. The Morgan fingerprint density at radius 3 is 2.37 bits per heavy atom. The van der Waals surface area contributed by atoms with Crippen molar-refractivity contribution in [1.82, 2.24) is 0 Å². The Bertz CT molecular complexity index is 561. The van der Waals surface area contributed by atoms with E-state index in [-0.39, 0.29) is 5.78 Å². The molecule has 0 saturated heterocycles. The molecule has 0 aliphatic carbocycles. The number of thioether (sulfide) groups is 2. The van der Waals surface area contributed by atoms with Crippen LogP contribution in [0.25, 0.3) is 0 Å². The maximum Gasteiger partial charge on any atom is 0.173 e. The molecule has 0 bridgehead atoms. The van der Waals surface area contributed by atoms with Gasteiger partial charge in [0.05, 0.1) is 5.75 Å². The third-order valence-electron chi connectivity index (χ3n) is 2.86. The van der Waals surface area contributed by atoms with Gasteiger partial charge in [-0.25, -0.2) is 0 Å². The van der Waals surface area contributed by atoms with Crippen LogP contribution in [0.3, 0.4) is 0 Å². The Kier molecular flexibility index (Phi) is 5.11. The number of benzene rings is 2. The third-order valence-corrected chi connectivity index (χ3v) is 4.78. The second-order valence-electron chi connectivity index (χ2n) is 4.21. The normalized spacial score (nSPS) is 10.4. The third kappa shape index (κ3) is 3.88. The average Bonchev–Trinajstić information content (AvgIpc) is 2.46. The first kappa shape index (κ1) is 14.2. The van der Waals surface area contributed by atoms with Crippen molar-refractivity contribution in [2.75, 3.05) is 12.0 Å². The van der Waals surface area contributed by atoms with Crippen molar-refractivity contribution in [2.45, 2.75) is 16.7 Å². The Hall–Kier alpha value is -1.19. The van der Waals surface area contributed by atoms with Crippen LogP contribution in [-0.4, -0.2) is 17.8 Å². The lowest BCUT2D eigenvalue weighted by Crippen LogP contribution is -2.02. The molecule has 2 aromatic rings. The van der Waals surface area contributed by atoms with Gasteiger partial charge in [0.1, 0.15) is 0 Å². The van der Waals surface area contributed by atoms with Gasteiger partial charge in [0.15, 0.2) is 5.78 Å². The van der Waals surface area contributed by atoms with E-state index in [4.69, 9.17) is 0 Å². The summed E-state index contributed by atoms with van der Waals surface area (Å²) in [5, 5.41) is 0. The number of carbonyl (C=O) groups is 1. The van der Waals surface area contributed by atoms with E-state index in [2.05, 4.69) is 19.1 Å². The minimum Gasteiger partial charge on any atom is -0.293 e. The molecule has 0 aromatic heterocycles. The molecule has 0 N–H and O–H groups in total. The molecule has 0 amide bonds. The largest absolute Gasteiger partial charge is 0.293 e. The molecule has 2 aromatic carbocycles. The number of hydrogen-bond donors (Lipinski definition) is 0. The lowest BCUT2D eigenvalue weighted by molar-refractivity contribution is 0.102. The van der Waals surface area contributed by atoms with Crippen molar-refractivity contribution < 1.29 is 4.79 Å². The quantitative estimate of drug-likeness (QED) is 0.587. The summed E-state index contributed by atoms with van der Waals surface area (Å²) in [7, 11) is 0. The summed E-state index contributed by atoms with van der Waals surface area (Å²) >= 11 is 3.29. The van der Waals surface area contributed by atoms with Crippen LogP contribution in [0.1, 0.15) is 15.9 Å². The molecule has 0 unspecified atom stereocenters. The molecule has 98 valence electrons. The monoisotopic (exact) mass is 288 g/mol. The number of Topliss-reactive ketones (excluding diaryl/α,β-unsaturated/α-hetero) is 1. The minimum absolute atomic E-state index is 0.181. The van der Waals surface area contributed by atoms with Crippen molar-refractivity contribution in [3.8, 4) is 0 Å². The molecular formula is C16H16OS2. The smallest absolute Gasteiger partial charge is 0.173 e. The average molecular weight is 288 g/mol. The van der Waals surface area contributed by atoms with Crippen molar-refractivity contribution in [3.05, 3.63) is 59.7 Å². The second kappa shape index (κ2) is 6.83. The van der Waals surface area contributed by atoms with Crippen LogP contribution in [0.15, 0.2) is 58.3 Å². The van der Waals surface area contributed by atoms with E-state index in [1.807, 2.05) is 42.7 Å². The second-order valence-corrected chi connectivity index (χ2v) is 6.10. The summed E-state index contributed by atoms with van der Waals surface area (Å²) < 4.78 is 0. The number of hydrogen-bond acceptors (Lipinski definition) is 3. The molecule has 2 rings (SSSR count). The van der Waals surface area contributed by atoms with Gasteiger partial charge in [-0.2, -0.15) is 0 Å². The molecule has 0 spiro atoms. The molecule has 0 fully saturated rings. The predicted molar refractivity (Wildman–Crippen MR) is 84.5 cm³/mol. The Labute approximate surface area is 122 Å². The fourth-order valence-electron chi connectivity index (χ4n) is 1.72. The molecular weight excluding hydrogens is 272 g/mol. The summed E-state index contributed by atoms with van der Waals surface area (Å²) in [6.45, 7) is 2.07. The molecule has 0 aliphatic rings. The zero-order valence-electron chi connectivity index (χ0n) is 11.1. The number of rotatable bonds is 5. The van der Waals surface area contributed by atoms with Crippen molar-refractivity contribution >= 4 is 29.3 Å². The van der Waals surface area contributed by atoms with E-state index in [1.165, 1.54) is 15.4 Å². The Morgan fingerprint density at radius 1 is 1.05 bits per heavy atom. The maximum absolute atomic E-state index is 12.1. The highest BCUT2D eigenvalue weighted by Gasteiger charge is 2.07. The van der Waals surface area contributed by atoms with E-state index in [0.29, 0.717) is 5.75 Å². The first-order valence-corrected chi connectivity index (χ1v) is 8.27. The fraction of sp³-hybridized carbons (Fsp3) is 0.188. The van der Waals surface area contributed by atoms with Crippen molar-refractivity contribution in [1.29, 1.82) is 0 Å². The molecule has 0 atom stereocenters. The summed E-state index contributed by atoms with van der Waals surface area (Å²) in [5.41, 5.74) is 2.01. The molecule has 0 radical (unpaired) electrons. The molecule has 0 heterocycles. The summed E-state index contributed by atoms with van der Waals surface area (Å²) in [5.74, 6) is 0.671. The van der Waals surface area contributed by atoms with Crippen LogP contribution in [0.5, 0.6) is 0 Å². The number of ketones is 1. The number of carbonyl (C=O) groups excluding carboxylic acids is 1. The highest BCUT2D eigenvalue weighted by molar-refractivity contribution is 8.00. The maximum atomic E-state index is 12.1. The van der Waals surface area contributed by atoms with E-state index in [1.54, 1.807) is 23.5 Å². The van der Waals surface area contributed by atoms with Crippen LogP contribution in [0.2, 0.25) is 0 Å². The topological polar surface area (TPSA) is 17.1 Å². The SMILES string of the molecule is CSc1ccc(C(=O)CSc2ccccc2C)cc1. The van der Waals surface area contributed by atoms with Gasteiger partial charge in [-0.1, -0.05) is 30.3 Å². The van der Waals surface area contributed by atoms with Crippen LogP contribution >= 0.6 is 23.5 Å². The Balaban J connectivity index is 1.99. The van der Waals surface area contributed by atoms with Crippen LogP contribution in [-0.2, 0) is 0 Å². The fourth-order valence-corrected chi connectivity index (χ4v) is 3.05. The van der Waals surface area contributed by atoms with Gasteiger partial charge in [-0.15, -0.1) is 23.5 Å². The zero-order valence-corrected chi connectivity index (χ0v) is 12.7. The summed E-state index contributed by atoms with van der Waals surface area (Å²) in [6.07, 6.45) is 2.03. The van der Waals surface area contributed by atoms with E-state index < -0.39 is 0 Å². The predicted octanol–water partition coefficient (Wildman–Crippen LogP) is 4.69. The molecule has 0 saturated carbocycles. The van der Waals surface area contributed by atoms with Gasteiger partial charge in [0, 0.05) is 15.4 Å². The van der Waals surface area contributed by atoms with E-state index >= 15 is 0 Å². The van der Waals surface area contributed by atoms with Crippen molar-refractivity contribution in [3.63, 3.8) is 0 Å². The van der Waals surface area contributed by atoms with E-state index in [0.717, 1.165) is 5.56 Å². The molecule has 0 aliphatic heterocycles. The standard InChI is InChI=1S/C16H16OS2/c1-12-5-3-4-6-16(12)19-11-15(17)13-7-9-14(18-2)10-8-13/h3-10H,11H2,1-2H3. The van der Waals surface area contributed by atoms with Crippen molar-refractivity contribution in [2.24, 2.45) is 0 Å². The van der Waals surface area contributed by atoms with Gasteiger partial charge in [-0.05, 0) is 36.9 Å². The summed E-state index contributed by atoms with van der Waals surface area (Å²) in [6, 6.07) is 16.0. The molecule has 1 nitrogen and oxygen atoms in total. The summed E-state index contributed by atoms with van der Waals surface area (Å²) in [4.78, 5) is 14.5. The highest BCUT2D eigenvalue weighted by Crippen LogP contribution is 2.23. The lowest BCUT2D eigenvalue weighted by atomic mass is 10.1. The van der Waals surface area contributed by atoms with E-state index in [9.17, 15) is 4.79 Å². The first-order valence-electron chi connectivity index (χ1n) is 6.06. The zero-order chi connectivity index (χ0) is 13.7.